The van der Waals surface area contributed by atoms with Crippen LogP contribution in [-0.2, 0) is 4.79 Å². The number of halogens is 1. The molecular formula is C21H27FN4O. The molecule has 1 atom stereocenters. The summed E-state index contributed by atoms with van der Waals surface area (Å²) in [5, 5.41) is 0.857. The van der Waals surface area contributed by atoms with E-state index in [1.165, 1.54) is 6.07 Å². The molecule has 6 heteroatoms. The lowest BCUT2D eigenvalue weighted by atomic mass is 10.1. The number of amides is 1. The molecule has 0 bridgehead atoms. The summed E-state index contributed by atoms with van der Waals surface area (Å²) in [4.78, 5) is 23.6. The SMILES string of the molecule is Cc1cc(N2CCN(C(C)C(=O)N3CCCC3)CC2)c2cccc(F)c2n1. The summed E-state index contributed by atoms with van der Waals surface area (Å²) in [7, 11) is 0. The van der Waals surface area contributed by atoms with Crippen molar-refractivity contribution in [3.05, 3.63) is 35.8 Å². The van der Waals surface area contributed by atoms with Gasteiger partial charge in [0.05, 0.1) is 6.04 Å². The van der Waals surface area contributed by atoms with Gasteiger partial charge >= 0.3 is 0 Å². The van der Waals surface area contributed by atoms with E-state index < -0.39 is 0 Å². The van der Waals surface area contributed by atoms with Gasteiger partial charge in [0.15, 0.2) is 0 Å². The van der Waals surface area contributed by atoms with Gasteiger partial charge in [-0.05, 0) is 38.8 Å². The Balaban J connectivity index is 1.49. The van der Waals surface area contributed by atoms with Crippen molar-refractivity contribution in [2.75, 3.05) is 44.2 Å². The van der Waals surface area contributed by atoms with Gasteiger partial charge in [0.1, 0.15) is 11.3 Å². The molecule has 0 radical (unpaired) electrons. The van der Waals surface area contributed by atoms with Gasteiger partial charge in [0.2, 0.25) is 5.91 Å². The highest BCUT2D eigenvalue weighted by atomic mass is 19.1. The zero-order valence-corrected chi connectivity index (χ0v) is 16.1. The second-order valence-corrected chi connectivity index (χ2v) is 7.65. The number of rotatable bonds is 3. The number of nitrogens with zero attached hydrogens (tertiary/aromatic N) is 4. The number of aryl methyl sites for hydroxylation is 1. The Labute approximate surface area is 159 Å². The molecule has 1 aromatic carbocycles. The number of para-hydroxylation sites is 1. The Morgan fingerprint density at radius 1 is 1.11 bits per heavy atom. The number of aromatic nitrogens is 1. The Kier molecular flexibility index (Phi) is 5.00. The molecule has 3 heterocycles. The van der Waals surface area contributed by atoms with E-state index in [1.807, 2.05) is 30.9 Å². The Morgan fingerprint density at radius 2 is 1.81 bits per heavy atom. The molecule has 2 aliphatic rings. The summed E-state index contributed by atoms with van der Waals surface area (Å²) in [6.07, 6.45) is 2.24. The molecule has 0 N–H and O–H groups in total. The van der Waals surface area contributed by atoms with Gasteiger partial charge in [0.25, 0.3) is 0 Å². The summed E-state index contributed by atoms with van der Waals surface area (Å²) in [5.74, 6) is -0.0193. The first-order valence-corrected chi connectivity index (χ1v) is 9.88. The van der Waals surface area contributed by atoms with Crippen molar-refractivity contribution in [3.63, 3.8) is 0 Å². The third-order valence-corrected chi connectivity index (χ3v) is 5.87. The number of carbonyl (C=O) groups excluding carboxylic acids is 1. The molecule has 0 aliphatic carbocycles. The maximum atomic E-state index is 14.2. The molecule has 1 aromatic heterocycles. The highest BCUT2D eigenvalue weighted by molar-refractivity contribution is 5.92. The first-order valence-electron chi connectivity index (χ1n) is 9.88. The molecule has 2 fully saturated rings. The molecule has 1 unspecified atom stereocenters. The number of pyridine rings is 1. The lowest BCUT2D eigenvalue weighted by molar-refractivity contribution is -0.135. The monoisotopic (exact) mass is 370 g/mol. The zero-order valence-electron chi connectivity index (χ0n) is 16.1. The smallest absolute Gasteiger partial charge is 0.239 e. The van der Waals surface area contributed by atoms with Gasteiger partial charge in [-0.2, -0.15) is 0 Å². The highest BCUT2D eigenvalue weighted by Crippen LogP contribution is 2.29. The van der Waals surface area contributed by atoms with Crippen LogP contribution in [0.2, 0.25) is 0 Å². The van der Waals surface area contributed by atoms with Gasteiger partial charge in [-0.25, -0.2) is 9.37 Å². The molecule has 144 valence electrons. The minimum absolute atomic E-state index is 0.0707. The van der Waals surface area contributed by atoms with Crippen LogP contribution in [0.25, 0.3) is 10.9 Å². The van der Waals surface area contributed by atoms with Crippen LogP contribution in [0.15, 0.2) is 24.3 Å². The Morgan fingerprint density at radius 3 is 2.52 bits per heavy atom. The fourth-order valence-electron chi connectivity index (χ4n) is 4.29. The minimum atomic E-state index is -0.277. The molecule has 0 spiro atoms. The van der Waals surface area contributed by atoms with Gasteiger partial charge < -0.3 is 9.80 Å². The number of fused-ring (bicyclic) bond motifs is 1. The average molecular weight is 370 g/mol. The first kappa shape index (κ1) is 18.2. The summed E-state index contributed by atoms with van der Waals surface area (Å²) in [6, 6.07) is 7.11. The zero-order chi connectivity index (χ0) is 19.0. The third kappa shape index (κ3) is 3.50. The van der Waals surface area contributed by atoms with E-state index in [0.717, 1.165) is 68.9 Å². The van der Waals surface area contributed by atoms with Crippen LogP contribution >= 0.6 is 0 Å². The van der Waals surface area contributed by atoms with Crippen molar-refractivity contribution in [2.24, 2.45) is 0 Å². The number of likely N-dealkylation sites (tertiary alicyclic amines) is 1. The van der Waals surface area contributed by atoms with Crippen LogP contribution < -0.4 is 4.90 Å². The molecule has 2 aromatic rings. The van der Waals surface area contributed by atoms with E-state index in [9.17, 15) is 9.18 Å². The van der Waals surface area contributed by atoms with Crippen LogP contribution in [-0.4, -0.2) is 66.0 Å². The normalized spacial score (nSPS) is 19.7. The van der Waals surface area contributed by atoms with E-state index in [4.69, 9.17) is 0 Å². The number of anilines is 1. The summed E-state index contributed by atoms with van der Waals surface area (Å²) in [6.45, 7) is 9.05. The molecule has 1 amide bonds. The van der Waals surface area contributed by atoms with Crippen molar-refractivity contribution < 1.29 is 9.18 Å². The second kappa shape index (κ2) is 7.43. The lowest BCUT2D eigenvalue weighted by Crippen LogP contribution is -2.54. The quantitative estimate of drug-likeness (QED) is 0.833. The number of hydrogen-bond donors (Lipinski definition) is 0. The molecule has 2 saturated heterocycles. The Hall–Kier alpha value is -2.21. The first-order chi connectivity index (χ1) is 13.0. The number of piperazine rings is 1. The van der Waals surface area contributed by atoms with Crippen LogP contribution in [0.3, 0.4) is 0 Å². The van der Waals surface area contributed by atoms with Gasteiger partial charge in [-0.3, -0.25) is 9.69 Å². The molecule has 2 aliphatic heterocycles. The number of benzene rings is 1. The summed E-state index contributed by atoms with van der Waals surface area (Å²) in [5.41, 5.74) is 2.30. The number of carbonyl (C=O) groups is 1. The lowest BCUT2D eigenvalue weighted by Gasteiger charge is -2.39. The predicted molar refractivity (Wildman–Crippen MR) is 106 cm³/mol. The molecule has 0 saturated carbocycles. The summed E-state index contributed by atoms with van der Waals surface area (Å²) < 4.78 is 14.2. The number of hydrogen-bond acceptors (Lipinski definition) is 4. The van der Waals surface area contributed by atoms with Crippen molar-refractivity contribution in [1.82, 2.24) is 14.8 Å². The van der Waals surface area contributed by atoms with Crippen molar-refractivity contribution >= 4 is 22.5 Å². The average Bonchev–Trinajstić information content (AvgIpc) is 3.22. The second-order valence-electron chi connectivity index (χ2n) is 7.65. The van der Waals surface area contributed by atoms with E-state index in [0.29, 0.717) is 5.52 Å². The maximum absolute atomic E-state index is 14.2. The highest BCUT2D eigenvalue weighted by Gasteiger charge is 2.30. The van der Waals surface area contributed by atoms with Crippen LogP contribution in [0.4, 0.5) is 10.1 Å². The molecular weight excluding hydrogens is 343 g/mol. The van der Waals surface area contributed by atoms with Crippen LogP contribution in [0.5, 0.6) is 0 Å². The topological polar surface area (TPSA) is 39.7 Å². The maximum Gasteiger partial charge on any atom is 0.239 e. The van der Waals surface area contributed by atoms with Crippen molar-refractivity contribution in [3.8, 4) is 0 Å². The van der Waals surface area contributed by atoms with E-state index in [1.54, 1.807) is 6.07 Å². The predicted octanol–water partition coefficient (Wildman–Crippen LogP) is 2.82. The van der Waals surface area contributed by atoms with E-state index in [-0.39, 0.29) is 17.8 Å². The van der Waals surface area contributed by atoms with Gasteiger partial charge in [-0.15, -0.1) is 0 Å². The fourth-order valence-corrected chi connectivity index (χ4v) is 4.29. The minimum Gasteiger partial charge on any atom is -0.368 e. The largest absolute Gasteiger partial charge is 0.368 e. The van der Waals surface area contributed by atoms with E-state index in [2.05, 4.69) is 14.8 Å². The van der Waals surface area contributed by atoms with Gasteiger partial charge in [-0.1, -0.05) is 12.1 Å². The van der Waals surface area contributed by atoms with Crippen LogP contribution in [0.1, 0.15) is 25.5 Å². The van der Waals surface area contributed by atoms with Crippen molar-refractivity contribution in [2.45, 2.75) is 32.7 Å². The molecule has 5 nitrogen and oxygen atoms in total. The van der Waals surface area contributed by atoms with Crippen LogP contribution in [0, 0.1) is 12.7 Å². The summed E-state index contributed by atoms with van der Waals surface area (Å²) >= 11 is 0. The van der Waals surface area contributed by atoms with E-state index >= 15 is 0 Å². The molecule has 4 rings (SSSR count). The Bertz CT molecular complexity index is 841. The molecule has 27 heavy (non-hydrogen) atoms. The fraction of sp³-hybridized carbons (Fsp3) is 0.524. The third-order valence-electron chi connectivity index (χ3n) is 5.87. The van der Waals surface area contributed by atoms with Gasteiger partial charge in [0, 0.05) is 56.0 Å². The van der Waals surface area contributed by atoms with Crippen molar-refractivity contribution in [1.29, 1.82) is 0 Å². The standard InChI is InChI=1S/C21H27FN4O/c1-15-14-19(17-6-5-7-18(22)20(17)23-15)25-12-10-24(11-13-25)16(2)21(27)26-8-3-4-9-26/h5-7,14,16H,3-4,8-13H2,1-2H3.